The van der Waals surface area contributed by atoms with E-state index in [9.17, 15) is 4.79 Å². The van der Waals surface area contributed by atoms with Gasteiger partial charge in [0, 0.05) is 12.5 Å². The van der Waals surface area contributed by atoms with Crippen molar-refractivity contribution >= 4 is 5.91 Å². The second kappa shape index (κ2) is 5.80. The highest BCUT2D eigenvalue weighted by Crippen LogP contribution is 2.45. The van der Waals surface area contributed by atoms with E-state index in [-0.39, 0.29) is 11.4 Å². The van der Waals surface area contributed by atoms with E-state index in [1.807, 2.05) is 0 Å². The zero-order valence-corrected chi connectivity index (χ0v) is 13.2. The largest absolute Gasteiger partial charge is 0.347 e. The maximum absolute atomic E-state index is 12.4. The number of rotatable bonds is 4. The summed E-state index contributed by atoms with van der Waals surface area (Å²) in [6.45, 7) is 3.24. The second-order valence-electron chi connectivity index (χ2n) is 6.83. The molecular weight excluding hydrogens is 260 g/mol. The number of piperidine rings is 1. The molecule has 1 atom stereocenters. The Balaban J connectivity index is 1.62. The lowest BCUT2D eigenvalue weighted by Crippen LogP contribution is -2.42. The van der Waals surface area contributed by atoms with Crippen LogP contribution in [0.5, 0.6) is 0 Å². The molecule has 1 amide bonds. The van der Waals surface area contributed by atoms with Crippen molar-refractivity contribution in [3.63, 3.8) is 0 Å². The molecule has 0 bridgehead atoms. The molecule has 1 aliphatic carbocycles. The van der Waals surface area contributed by atoms with Crippen molar-refractivity contribution in [2.24, 2.45) is 0 Å². The van der Waals surface area contributed by atoms with Crippen LogP contribution in [0.1, 0.15) is 49.7 Å². The fraction of sp³-hybridized carbons (Fsp3) is 0.611. The molecule has 1 aromatic rings. The Kier molecular flexibility index (Phi) is 4.03. The smallest absolute Gasteiger partial charge is 0.222 e. The third kappa shape index (κ3) is 3.29. The Morgan fingerprint density at radius 1 is 1.38 bits per heavy atom. The van der Waals surface area contributed by atoms with Crippen molar-refractivity contribution in [1.82, 2.24) is 10.2 Å². The Morgan fingerprint density at radius 3 is 2.86 bits per heavy atom. The molecule has 1 N–H and O–H groups in total. The number of amides is 1. The lowest BCUT2D eigenvalue weighted by Gasteiger charge is -2.32. The Hall–Kier alpha value is -1.35. The molecule has 1 heterocycles. The molecule has 3 rings (SSSR count). The van der Waals surface area contributed by atoms with E-state index in [1.165, 1.54) is 24.0 Å². The lowest BCUT2D eigenvalue weighted by atomic mass is 9.98. The number of carbonyl (C=O) groups is 1. The summed E-state index contributed by atoms with van der Waals surface area (Å²) in [6, 6.07) is 8.98. The van der Waals surface area contributed by atoms with Gasteiger partial charge in [-0.1, -0.05) is 36.2 Å². The van der Waals surface area contributed by atoms with Crippen LogP contribution in [0.3, 0.4) is 0 Å². The third-order valence-electron chi connectivity index (χ3n) is 5.04. The standard InChI is InChI=1S/C18H26N2O/c1-14-6-5-7-15(12-14)18(9-10-18)19-17(21)13-16-8-3-4-11-20(16)2/h5-7,12,16H,3-4,8-11,13H2,1-2H3,(H,19,21)/t16-/m1/s1. The molecule has 1 saturated carbocycles. The van der Waals surface area contributed by atoms with Gasteiger partial charge in [-0.3, -0.25) is 4.79 Å². The molecule has 0 unspecified atom stereocenters. The maximum Gasteiger partial charge on any atom is 0.222 e. The maximum atomic E-state index is 12.4. The molecule has 21 heavy (non-hydrogen) atoms. The van der Waals surface area contributed by atoms with Gasteiger partial charge in [0.25, 0.3) is 0 Å². The molecule has 2 aliphatic rings. The molecule has 1 saturated heterocycles. The summed E-state index contributed by atoms with van der Waals surface area (Å²) in [7, 11) is 2.14. The minimum Gasteiger partial charge on any atom is -0.347 e. The van der Waals surface area contributed by atoms with Crippen molar-refractivity contribution in [2.45, 2.75) is 57.0 Å². The van der Waals surface area contributed by atoms with Crippen molar-refractivity contribution in [1.29, 1.82) is 0 Å². The summed E-state index contributed by atoms with van der Waals surface area (Å²) in [6.07, 6.45) is 6.46. The highest BCUT2D eigenvalue weighted by Gasteiger charge is 2.45. The van der Waals surface area contributed by atoms with E-state index in [2.05, 4.69) is 48.5 Å². The first-order valence-corrected chi connectivity index (χ1v) is 8.17. The highest BCUT2D eigenvalue weighted by atomic mass is 16.1. The first-order chi connectivity index (χ1) is 10.1. The van der Waals surface area contributed by atoms with Gasteiger partial charge in [-0.05, 0) is 51.8 Å². The molecule has 1 aromatic carbocycles. The minimum absolute atomic E-state index is 0.0731. The van der Waals surface area contributed by atoms with Gasteiger partial charge in [0.15, 0.2) is 0 Å². The molecule has 1 aliphatic heterocycles. The quantitative estimate of drug-likeness (QED) is 0.923. The van der Waals surface area contributed by atoms with Crippen LogP contribution in [0.2, 0.25) is 0 Å². The van der Waals surface area contributed by atoms with E-state index in [1.54, 1.807) is 0 Å². The van der Waals surface area contributed by atoms with Crippen LogP contribution in [0, 0.1) is 6.92 Å². The molecular formula is C18H26N2O. The first kappa shape index (κ1) is 14.6. The Bertz CT molecular complexity index is 522. The van der Waals surface area contributed by atoms with Gasteiger partial charge in [-0.15, -0.1) is 0 Å². The third-order valence-corrected chi connectivity index (χ3v) is 5.04. The van der Waals surface area contributed by atoms with E-state index >= 15 is 0 Å². The van der Waals surface area contributed by atoms with Gasteiger partial charge >= 0.3 is 0 Å². The average Bonchev–Trinajstić information content (AvgIpc) is 3.22. The molecule has 0 aromatic heterocycles. The monoisotopic (exact) mass is 286 g/mol. The van der Waals surface area contributed by atoms with Crippen LogP contribution in [0.4, 0.5) is 0 Å². The number of nitrogens with one attached hydrogen (secondary N) is 1. The zero-order valence-electron chi connectivity index (χ0n) is 13.2. The predicted octanol–water partition coefficient (Wildman–Crippen LogP) is 2.97. The van der Waals surface area contributed by atoms with E-state index in [4.69, 9.17) is 0 Å². The highest BCUT2D eigenvalue weighted by molar-refractivity contribution is 5.78. The molecule has 0 spiro atoms. The van der Waals surface area contributed by atoms with Gasteiger partial charge in [-0.2, -0.15) is 0 Å². The number of likely N-dealkylation sites (tertiary alicyclic amines) is 1. The average molecular weight is 286 g/mol. The summed E-state index contributed by atoms with van der Waals surface area (Å²) in [5.41, 5.74) is 2.46. The summed E-state index contributed by atoms with van der Waals surface area (Å²) < 4.78 is 0. The van der Waals surface area contributed by atoms with Gasteiger partial charge < -0.3 is 10.2 Å². The van der Waals surface area contributed by atoms with Gasteiger partial charge in [0.1, 0.15) is 0 Å². The summed E-state index contributed by atoms with van der Waals surface area (Å²) in [4.78, 5) is 14.8. The van der Waals surface area contributed by atoms with Gasteiger partial charge in [0.2, 0.25) is 5.91 Å². The Morgan fingerprint density at radius 2 is 2.19 bits per heavy atom. The summed E-state index contributed by atoms with van der Waals surface area (Å²) >= 11 is 0. The summed E-state index contributed by atoms with van der Waals surface area (Å²) in [5, 5.41) is 3.31. The predicted molar refractivity (Wildman–Crippen MR) is 85.1 cm³/mol. The summed E-state index contributed by atoms with van der Waals surface area (Å²) in [5.74, 6) is 0.216. The molecule has 114 valence electrons. The number of hydrogen-bond donors (Lipinski definition) is 1. The van der Waals surface area contributed by atoms with E-state index in [0.29, 0.717) is 12.5 Å². The minimum atomic E-state index is -0.0731. The van der Waals surface area contributed by atoms with E-state index < -0.39 is 0 Å². The number of carbonyl (C=O) groups excluding carboxylic acids is 1. The van der Waals surface area contributed by atoms with Crippen LogP contribution in [0.15, 0.2) is 24.3 Å². The Labute approximate surface area is 127 Å². The van der Waals surface area contributed by atoms with Crippen LogP contribution < -0.4 is 5.32 Å². The van der Waals surface area contributed by atoms with Crippen molar-refractivity contribution in [3.05, 3.63) is 35.4 Å². The first-order valence-electron chi connectivity index (χ1n) is 8.17. The number of benzene rings is 1. The number of aryl methyl sites for hydroxylation is 1. The van der Waals surface area contributed by atoms with Crippen LogP contribution in [-0.4, -0.2) is 30.4 Å². The van der Waals surface area contributed by atoms with Crippen molar-refractivity contribution in [2.75, 3.05) is 13.6 Å². The van der Waals surface area contributed by atoms with Crippen LogP contribution in [-0.2, 0) is 10.3 Å². The molecule has 3 heteroatoms. The SMILES string of the molecule is Cc1cccc(C2(NC(=O)C[C@H]3CCCCN3C)CC2)c1. The van der Waals surface area contributed by atoms with Gasteiger partial charge in [0.05, 0.1) is 5.54 Å². The molecule has 3 nitrogen and oxygen atoms in total. The van der Waals surface area contributed by atoms with Crippen LogP contribution >= 0.6 is 0 Å². The van der Waals surface area contributed by atoms with Crippen molar-refractivity contribution in [3.8, 4) is 0 Å². The fourth-order valence-electron chi connectivity index (χ4n) is 3.49. The number of nitrogens with zero attached hydrogens (tertiary/aromatic N) is 1. The normalized spacial score (nSPS) is 24.6. The topological polar surface area (TPSA) is 32.3 Å². The second-order valence-corrected chi connectivity index (χ2v) is 6.83. The fourth-order valence-corrected chi connectivity index (χ4v) is 3.49. The van der Waals surface area contributed by atoms with Gasteiger partial charge in [-0.25, -0.2) is 0 Å². The zero-order chi connectivity index (χ0) is 14.9. The van der Waals surface area contributed by atoms with Crippen molar-refractivity contribution < 1.29 is 4.79 Å². The lowest BCUT2D eigenvalue weighted by molar-refractivity contribution is -0.123. The number of hydrogen-bond acceptors (Lipinski definition) is 2. The molecule has 2 fully saturated rings. The molecule has 0 radical (unpaired) electrons. The van der Waals surface area contributed by atoms with E-state index in [0.717, 1.165) is 25.8 Å². The van der Waals surface area contributed by atoms with Crippen LogP contribution in [0.25, 0.3) is 0 Å².